The lowest BCUT2D eigenvalue weighted by Crippen LogP contribution is -2.24. The van der Waals surface area contributed by atoms with Crippen LogP contribution in [0.4, 0.5) is 5.82 Å². The molecule has 0 atom stereocenters. The molecule has 5 heteroatoms. The molecule has 0 fully saturated rings. The van der Waals surface area contributed by atoms with E-state index in [1.165, 1.54) is 0 Å². The minimum Gasteiger partial charge on any atom is -0.358 e. The monoisotopic (exact) mass is 242 g/mol. The lowest BCUT2D eigenvalue weighted by Gasteiger charge is -2.19. The molecule has 1 aromatic rings. The van der Waals surface area contributed by atoms with E-state index in [9.17, 15) is 0 Å². The van der Waals surface area contributed by atoms with E-state index in [1.807, 2.05) is 7.05 Å². The molecule has 4 nitrogen and oxygen atoms in total. The smallest absolute Gasteiger partial charge is 0.146 e. The molecule has 0 saturated heterocycles. The number of rotatable bonds is 6. The summed E-state index contributed by atoms with van der Waals surface area (Å²) in [6.07, 6.45) is 4.61. The Balaban J connectivity index is 2.43. The molecular formula is C11H19ClN4. The second kappa shape index (κ2) is 6.66. The lowest BCUT2D eigenvalue weighted by atomic mass is 10.3. The highest BCUT2D eigenvalue weighted by Gasteiger charge is 2.03. The standard InChI is InChI=1S/C11H19ClN4/c1-15(2)5-4-6-16(3)11-9-13-10(7-12)8-14-11/h8-9H,4-7H2,1-3H3. The first-order valence-electron chi connectivity index (χ1n) is 5.36. The SMILES string of the molecule is CN(C)CCCN(C)c1cnc(CCl)cn1. The average Bonchev–Trinajstić information content (AvgIpc) is 2.28. The maximum atomic E-state index is 5.66. The van der Waals surface area contributed by atoms with Crippen LogP contribution < -0.4 is 4.90 Å². The van der Waals surface area contributed by atoms with Crippen molar-refractivity contribution in [2.45, 2.75) is 12.3 Å². The number of hydrogen-bond donors (Lipinski definition) is 0. The van der Waals surface area contributed by atoms with Gasteiger partial charge in [-0.25, -0.2) is 4.98 Å². The summed E-state index contributed by atoms with van der Waals surface area (Å²) in [6, 6.07) is 0. The van der Waals surface area contributed by atoms with Crippen LogP contribution in [-0.4, -0.2) is 49.1 Å². The zero-order chi connectivity index (χ0) is 12.0. The predicted molar refractivity (Wildman–Crippen MR) is 68.0 cm³/mol. The first-order valence-corrected chi connectivity index (χ1v) is 5.89. The van der Waals surface area contributed by atoms with Crippen LogP contribution in [0.25, 0.3) is 0 Å². The van der Waals surface area contributed by atoms with Crippen LogP contribution in [0, 0.1) is 0 Å². The third-order valence-electron chi connectivity index (χ3n) is 2.32. The Hall–Kier alpha value is -0.870. The Morgan fingerprint density at radius 1 is 1.12 bits per heavy atom. The number of aromatic nitrogens is 2. The molecule has 1 heterocycles. The van der Waals surface area contributed by atoms with Crippen LogP contribution in [0.5, 0.6) is 0 Å². The Bertz CT molecular complexity index is 299. The van der Waals surface area contributed by atoms with E-state index >= 15 is 0 Å². The molecule has 0 amide bonds. The molecule has 0 spiro atoms. The van der Waals surface area contributed by atoms with Crippen LogP contribution >= 0.6 is 11.6 Å². The molecular weight excluding hydrogens is 224 g/mol. The summed E-state index contributed by atoms with van der Waals surface area (Å²) in [4.78, 5) is 12.8. The van der Waals surface area contributed by atoms with E-state index < -0.39 is 0 Å². The average molecular weight is 243 g/mol. The van der Waals surface area contributed by atoms with Crippen LogP contribution in [-0.2, 0) is 5.88 Å². The zero-order valence-corrected chi connectivity index (χ0v) is 10.9. The number of hydrogen-bond acceptors (Lipinski definition) is 4. The minimum atomic E-state index is 0.414. The van der Waals surface area contributed by atoms with Crippen LogP contribution in [0.1, 0.15) is 12.1 Å². The van der Waals surface area contributed by atoms with Crippen molar-refractivity contribution in [3.63, 3.8) is 0 Å². The van der Waals surface area contributed by atoms with Gasteiger partial charge in [0.1, 0.15) is 5.82 Å². The van der Waals surface area contributed by atoms with Crippen molar-refractivity contribution in [2.24, 2.45) is 0 Å². The summed E-state index contributed by atoms with van der Waals surface area (Å²) in [5.41, 5.74) is 0.812. The molecule has 0 bridgehead atoms. The summed E-state index contributed by atoms with van der Waals surface area (Å²) in [6.45, 7) is 2.06. The summed E-state index contributed by atoms with van der Waals surface area (Å²) in [5, 5.41) is 0. The molecule has 1 rings (SSSR count). The predicted octanol–water partition coefficient (Wildman–Crippen LogP) is 1.60. The van der Waals surface area contributed by atoms with Crippen molar-refractivity contribution in [2.75, 3.05) is 39.1 Å². The van der Waals surface area contributed by atoms with Gasteiger partial charge < -0.3 is 9.80 Å². The molecule has 0 radical (unpaired) electrons. The van der Waals surface area contributed by atoms with Gasteiger partial charge in [-0.1, -0.05) is 0 Å². The van der Waals surface area contributed by atoms with E-state index in [1.54, 1.807) is 12.4 Å². The maximum absolute atomic E-state index is 5.66. The van der Waals surface area contributed by atoms with Crippen LogP contribution in [0.2, 0.25) is 0 Å². The molecule has 0 aliphatic rings. The van der Waals surface area contributed by atoms with Gasteiger partial charge in [0.25, 0.3) is 0 Å². The second-order valence-electron chi connectivity index (χ2n) is 4.08. The van der Waals surface area contributed by atoms with Crippen molar-refractivity contribution >= 4 is 17.4 Å². The molecule has 0 saturated carbocycles. The van der Waals surface area contributed by atoms with Gasteiger partial charge >= 0.3 is 0 Å². The third kappa shape index (κ3) is 4.33. The van der Waals surface area contributed by atoms with E-state index in [0.29, 0.717) is 5.88 Å². The Labute approximate surface area is 102 Å². The van der Waals surface area contributed by atoms with Gasteiger partial charge in [-0.15, -0.1) is 11.6 Å². The number of nitrogens with zero attached hydrogens (tertiary/aromatic N) is 4. The molecule has 90 valence electrons. The van der Waals surface area contributed by atoms with Gasteiger partial charge in [0.2, 0.25) is 0 Å². The number of anilines is 1. The normalized spacial score (nSPS) is 10.8. The minimum absolute atomic E-state index is 0.414. The fourth-order valence-corrected chi connectivity index (χ4v) is 1.49. The number of halogens is 1. The quantitative estimate of drug-likeness (QED) is 0.710. The first kappa shape index (κ1) is 13.2. The van der Waals surface area contributed by atoms with Gasteiger partial charge in [-0.05, 0) is 27.1 Å². The maximum Gasteiger partial charge on any atom is 0.146 e. The fraction of sp³-hybridized carbons (Fsp3) is 0.636. The molecule has 0 aromatic carbocycles. The molecule has 0 aliphatic heterocycles. The zero-order valence-electron chi connectivity index (χ0n) is 10.1. The first-order chi connectivity index (χ1) is 7.63. The molecule has 0 N–H and O–H groups in total. The van der Waals surface area contributed by atoms with Gasteiger partial charge in [0.15, 0.2) is 0 Å². The van der Waals surface area contributed by atoms with E-state index in [-0.39, 0.29) is 0 Å². The molecule has 16 heavy (non-hydrogen) atoms. The Morgan fingerprint density at radius 2 is 1.88 bits per heavy atom. The molecule has 1 aromatic heterocycles. The van der Waals surface area contributed by atoms with Gasteiger partial charge in [-0.2, -0.15) is 0 Å². The second-order valence-corrected chi connectivity index (χ2v) is 4.35. The van der Waals surface area contributed by atoms with Crippen molar-refractivity contribution in [3.8, 4) is 0 Å². The lowest BCUT2D eigenvalue weighted by molar-refractivity contribution is 0.401. The summed E-state index contributed by atoms with van der Waals surface area (Å²) in [5.74, 6) is 1.31. The van der Waals surface area contributed by atoms with Crippen molar-refractivity contribution in [3.05, 3.63) is 18.1 Å². The number of alkyl halides is 1. The highest BCUT2D eigenvalue weighted by atomic mass is 35.5. The van der Waals surface area contributed by atoms with Crippen LogP contribution in [0.3, 0.4) is 0 Å². The van der Waals surface area contributed by atoms with Gasteiger partial charge in [0.05, 0.1) is 24.0 Å². The van der Waals surface area contributed by atoms with Crippen molar-refractivity contribution < 1.29 is 0 Å². The van der Waals surface area contributed by atoms with E-state index in [0.717, 1.165) is 31.0 Å². The van der Waals surface area contributed by atoms with E-state index in [4.69, 9.17) is 11.6 Å². The molecule has 0 aliphatic carbocycles. The summed E-state index contributed by atoms with van der Waals surface area (Å²) < 4.78 is 0. The largest absolute Gasteiger partial charge is 0.358 e. The Kier molecular flexibility index (Phi) is 5.49. The summed E-state index contributed by atoms with van der Waals surface area (Å²) in [7, 11) is 6.18. The van der Waals surface area contributed by atoms with Gasteiger partial charge in [0, 0.05) is 13.6 Å². The summed E-state index contributed by atoms with van der Waals surface area (Å²) >= 11 is 5.66. The third-order valence-corrected chi connectivity index (χ3v) is 2.59. The highest BCUT2D eigenvalue weighted by molar-refractivity contribution is 6.16. The van der Waals surface area contributed by atoms with E-state index in [2.05, 4.69) is 33.9 Å². The van der Waals surface area contributed by atoms with Crippen LogP contribution in [0.15, 0.2) is 12.4 Å². The topological polar surface area (TPSA) is 32.3 Å². The Morgan fingerprint density at radius 3 is 2.38 bits per heavy atom. The van der Waals surface area contributed by atoms with Crippen molar-refractivity contribution in [1.82, 2.24) is 14.9 Å². The molecule has 0 unspecified atom stereocenters. The fourth-order valence-electron chi connectivity index (χ4n) is 1.35. The van der Waals surface area contributed by atoms with Crippen molar-refractivity contribution in [1.29, 1.82) is 0 Å². The highest BCUT2D eigenvalue weighted by Crippen LogP contribution is 2.08. The van der Waals surface area contributed by atoms with Gasteiger partial charge in [-0.3, -0.25) is 4.98 Å².